The molecule has 23 heavy (non-hydrogen) atoms. The van der Waals surface area contributed by atoms with Crippen LogP contribution in [-0.4, -0.2) is 45.5 Å². The first kappa shape index (κ1) is 17.0. The fraction of sp³-hybridized carbons (Fsp3) is 0.600. The van der Waals surface area contributed by atoms with Crippen molar-refractivity contribution >= 4 is 17.8 Å². The summed E-state index contributed by atoms with van der Waals surface area (Å²) in [6, 6.07) is -0.830. The van der Waals surface area contributed by atoms with Crippen LogP contribution >= 0.6 is 0 Å². The van der Waals surface area contributed by atoms with Crippen molar-refractivity contribution in [3.8, 4) is 0 Å². The van der Waals surface area contributed by atoms with Gasteiger partial charge in [0.25, 0.3) is 11.8 Å². The zero-order valence-electron chi connectivity index (χ0n) is 14.0. The number of esters is 1. The monoisotopic (exact) mass is 322 g/mol. The Kier molecular flexibility index (Phi) is 4.44. The Morgan fingerprint density at radius 1 is 1.48 bits per heavy atom. The summed E-state index contributed by atoms with van der Waals surface area (Å²) < 4.78 is 6.87. The fourth-order valence-electron chi connectivity index (χ4n) is 2.22. The van der Waals surface area contributed by atoms with Crippen LogP contribution in [0.4, 0.5) is 0 Å². The molecule has 0 radical (unpaired) electrons. The van der Waals surface area contributed by atoms with Crippen LogP contribution in [0, 0.1) is 0 Å². The van der Waals surface area contributed by atoms with Gasteiger partial charge in [0.1, 0.15) is 17.3 Å². The Balaban J connectivity index is 2.13. The Hall–Kier alpha value is -2.38. The maximum Gasteiger partial charge on any atom is 0.328 e. The first-order valence-electron chi connectivity index (χ1n) is 7.49. The molecule has 0 spiro atoms. The van der Waals surface area contributed by atoms with Crippen LogP contribution in [0.25, 0.3) is 0 Å². The van der Waals surface area contributed by atoms with E-state index in [1.54, 1.807) is 25.3 Å². The molecular formula is C15H22N4O4. The van der Waals surface area contributed by atoms with Gasteiger partial charge in [0.15, 0.2) is 5.69 Å². The van der Waals surface area contributed by atoms with Crippen LogP contribution in [0.1, 0.15) is 61.6 Å². The highest BCUT2D eigenvalue weighted by Gasteiger charge is 2.31. The average Bonchev–Trinajstić information content (AvgIpc) is 2.87. The number of hydrogen-bond acceptors (Lipinski definition) is 5. The molecule has 0 bridgehead atoms. The summed E-state index contributed by atoms with van der Waals surface area (Å²) in [5, 5.41) is 5.23. The van der Waals surface area contributed by atoms with Crippen molar-refractivity contribution in [3.63, 3.8) is 0 Å². The lowest BCUT2D eigenvalue weighted by atomic mass is 10.2. The van der Waals surface area contributed by atoms with E-state index in [1.807, 2.05) is 6.92 Å². The maximum atomic E-state index is 12.3. The van der Waals surface area contributed by atoms with Crippen molar-refractivity contribution in [2.45, 2.75) is 52.3 Å². The van der Waals surface area contributed by atoms with Crippen molar-refractivity contribution in [1.29, 1.82) is 0 Å². The summed E-state index contributed by atoms with van der Waals surface area (Å²) in [6.45, 7) is 9.16. The van der Waals surface area contributed by atoms with Gasteiger partial charge in [0.05, 0.1) is 6.33 Å². The molecule has 2 amide bonds. The first-order chi connectivity index (χ1) is 10.6. The van der Waals surface area contributed by atoms with Gasteiger partial charge < -0.3 is 19.9 Å². The van der Waals surface area contributed by atoms with Crippen molar-refractivity contribution in [3.05, 3.63) is 17.7 Å². The lowest BCUT2D eigenvalue weighted by Gasteiger charge is -2.23. The summed E-state index contributed by atoms with van der Waals surface area (Å²) in [5.74, 6) is -1.48. The van der Waals surface area contributed by atoms with Gasteiger partial charge in [-0.25, -0.2) is 9.78 Å². The maximum absolute atomic E-state index is 12.3. The predicted molar refractivity (Wildman–Crippen MR) is 82.0 cm³/mol. The number of carbonyl (C=O) groups is 3. The molecule has 8 nitrogen and oxygen atoms in total. The van der Waals surface area contributed by atoms with Gasteiger partial charge in [-0.15, -0.1) is 0 Å². The topological polar surface area (TPSA) is 102 Å². The fourth-order valence-corrected chi connectivity index (χ4v) is 2.22. The number of rotatable bonds is 3. The molecule has 2 rings (SSSR count). The highest BCUT2D eigenvalue weighted by atomic mass is 16.6. The average molecular weight is 322 g/mol. The zero-order valence-corrected chi connectivity index (χ0v) is 14.0. The summed E-state index contributed by atoms with van der Waals surface area (Å²) in [7, 11) is 0. The van der Waals surface area contributed by atoms with E-state index in [9.17, 15) is 14.4 Å². The second-order valence-electron chi connectivity index (χ2n) is 6.64. The molecule has 0 saturated carbocycles. The highest BCUT2D eigenvalue weighted by molar-refractivity contribution is 6.06. The van der Waals surface area contributed by atoms with E-state index < -0.39 is 23.5 Å². The number of amides is 2. The Bertz CT molecular complexity index is 644. The Morgan fingerprint density at radius 3 is 2.74 bits per heavy atom. The van der Waals surface area contributed by atoms with Crippen molar-refractivity contribution in [1.82, 2.24) is 20.2 Å². The second kappa shape index (κ2) is 6.02. The molecule has 0 aromatic carbocycles. The van der Waals surface area contributed by atoms with Crippen LogP contribution in [0.3, 0.4) is 0 Å². The number of nitrogens with one attached hydrogen (secondary N) is 2. The summed E-state index contributed by atoms with van der Waals surface area (Å²) in [6.07, 6.45) is 1.46. The SMILES string of the molecule is C[C@H](NC(=O)c1ncn2c1C(=O)NC[C@H]2C)C(=O)OC(C)(C)C. The molecule has 1 aromatic rings. The van der Waals surface area contributed by atoms with Gasteiger partial charge in [0, 0.05) is 12.6 Å². The molecule has 0 unspecified atom stereocenters. The van der Waals surface area contributed by atoms with Crippen molar-refractivity contribution < 1.29 is 19.1 Å². The van der Waals surface area contributed by atoms with Gasteiger partial charge in [0.2, 0.25) is 0 Å². The summed E-state index contributed by atoms with van der Waals surface area (Å²) in [5.41, 5.74) is -0.430. The molecule has 1 aliphatic heterocycles. The summed E-state index contributed by atoms with van der Waals surface area (Å²) in [4.78, 5) is 40.3. The molecule has 1 aliphatic rings. The summed E-state index contributed by atoms with van der Waals surface area (Å²) >= 11 is 0. The van der Waals surface area contributed by atoms with E-state index in [0.717, 1.165) is 0 Å². The molecular weight excluding hydrogens is 300 g/mol. The van der Waals surface area contributed by atoms with Gasteiger partial charge in [-0.3, -0.25) is 9.59 Å². The third-order valence-electron chi connectivity index (χ3n) is 3.36. The van der Waals surface area contributed by atoms with E-state index in [-0.39, 0.29) is 23.3 Å². The van der Waals surface area contributed by atoms with Crippen LogP contribution in [0.15, 0.2) is 6.33 Å². The number of hydrogen-bond donors (Lipinski definition) is 2. The standard InChI is InChI=1S/C15H22N4O4/c1-8-6-16-13(21)11-10(17-7-19(8)11)12(20)18-9(2)14(22)23-15(3,4)5/h7-9H,6H2,1-5H3,(H,16,21)(H,18,20)/t8-,9+/m1/s1. The molecule has 2 atom stereocenters. The van der Waals surface area contributed by atoms with E-state index in [4.69, 9.17) is 4.74 Å². The third-order valence-corrected chi connectivity index (χ3v) is 3.36. The Morgan fingerprint density at radius 2 is 2.13 bits per heavy atom. The zero-order chi connectivity index (χ0) is 17.4. The minimum Gasteiger partial charge on any atom is -0.458 e. The third kappa shape index (κ3) is 3.69. The molecule has 1 aromatic heterocycles. The van der Waals surface area contributed by atoms with Gasteiger partial charge in [-0.05, 0) is 34.6 Å². The highest BCUT2D eigenvalue weighted by Crippen LogP contribution is 2.18. The van der Waals surface area contributed by atoms with Crippen LogP contribution < -0.4 is 10.6 Å². The largest absolute Gasteiger partial charge is 0.458 e. The minimum absolute atomic E-state index is 0.00413. The normalized spacial score (nSPS) is 18.7. The van der Waals surface area contributed by atoms with E-state index in [1.165, 1.54) is 13.3 Å². The lowest BCUT2D eigenvalue weighted by molar-refractivity contribution is -0.156. The van der Waals surface area contributed by atoms with Gasteiger partial charge in [-0.1, -0.05) is 0 Å². The number of nitrogens with zero attached hydrogens (tertiary/aromatic N) is 2. The van der Waals surface area contributed by atoms with E-state index >= 15 is 0 Å². The molecule has 0 saturated heterocycles. The van der Waals surface area contributed by atoms with Crippen LogP contribution in [0.5, 0.6) is 0 Å². The Labute approximate surface area is 134 Å². The van der Waals surface area contributed by atoms with Crippen LogP contribution in [0.2, 0.25) is 0 Å². The number of ether oxygens (including phenoxy) is 1. The van der Waals surface area contributed by atoms with Gasteiger partial charge in [-0.2, -0.15) is 0 Å². The number of aromatic nitrogens is 2. The van der Waals surface area contributed by atoms with Crippen LogP contribution in [-0.2, 0) is 9.53 Å². The van der Waals surface area contributed by atoms with Gasteiger partial charge >= 0.3 is 5.97 Å². The minimum atomic E-state index is -0.844. The number of carbonyl (C=O) groups excluding carboxylic acids is 3. The molecule has 0 fully saturated rings. The molecule has 8 heteroatoms. The molecule has 2 heterocycles. The number of fused-ring (bicyclic) bond motifs is 1. The van der Waals surface area contributed by atoms with Crippen molar-refractivity contribution in [2.24, 2.45) is 0 Å². The smallest absolute Gasteiger partial charge is 0.328 e. The van der Waals surface area contributed by atoms with Crippen molar-refractivity contribution in [2.75, 3.05) is 6.54 Å². The van der Waals surface area contributed by atoms with E-state index in [2.05, 4.69) is 15.6 Å². The number of imidazole rings is 1. The quantitative estimate of drug-likeness (QED) is 0.795. The first-order valence-corrected chi connectivity index (χ1v) is 7.49. The lowest BCUT2D eigenvalue weighted by Crippen LogP contribution is -2.44. The molecule has 126 valence electrons. The second-order valence-corrected chi connectivity index (χ2v) is 6.64. The predicted octanol–water partition coefficient (Wildman–Crippen LogP) is 0.648. The molecule has 0 aliphatic carbocycles. The van der Waals surface area contributed by atoms with E-state index in [0.29, 0.717) is 6.54 Å². The molecule has 2 N–H and O–H groups in total.